The van der Waals surface area contributed by atoms with Gasteiger partial charge in [0, 0.05) is 12.1 Å². The van der Waals surface area contributed by atoms with Gasteiger partial charge in [0.2, 0.25) is 5.91 Å². The lowest BCUT2D eigenvalue weighted by molar-refractivity contribution is -0.137. The maximum Gasteiger partial charge on any atom is 0.418 e. The quantitative estimate of drug-likeness (QED) is 0.654. The van der Waals surface area contributed by atoms with Crippen LogP contribution in [0.1, 0.15) is 36.7 Å². The Kier molecular flexibility index (Phi) is 7.90. The van der Waals surface area contributed by atoms with E-state index in [4.69, 9.17) is 9.47 Å². The van der Waals surface area contributed by atoms with Crippen LogP contribution in [-0.4, -0.2) is 43.0 Å². The van der Waals surface area contributed by atoms with Gasteiger partial charge in [-0.25, -0.2) is 0 Å². The normalized spacial score (nSPS) is 11.2. The van der Waals surface area contributed by atoms with Crippen molar-refractivity contribution in [2.75, 3.05) is 25.5 Å². The van der Waals surface area contributed by atoms with Gasteiger partial charge in [-0.2, -0.15) is 13.2 Å². The third-order valence-electron chi connectivity index (χ3n) is 4.28. The smallest absolute Gasteiger partial charge is 0.418 e. The fraction of sp³-hybridized carbons (Fsp3) is 0.364. The van der Waals surface area contributed by atoms with Crippen LogP contribution in [0.5, 0.6) is 11.5 Å². The molecule has 2 aromatic rings. The molecule has 0 aliphatic carbocycles. The number of halogens is 3. The lowest BCUT2D eigenvalue weighted by atomic mass is 10.1. The highest BCUT2D eigenvalue weighted by Crippen LogP contribution is 2.34. The fourth-order valence-corrected chi connectivity index (χ4v) is 2.86. The van der Waals surface area contributed by atoms with E-state index in [1.54, 1.807) is 19.1 Å². The number of para-hydroxylation sites is 1. The van der Waals surface area contributed by atoms with E-state index in [-0.39, 0.29) is 23.9 Å². The number of hydrogen-bond acceptors (Lipinski definition) is 4. The van der Waals surface area contributed by atoms with Gasteiger partial charge in [-0.3, -0.25) is 9.59 Å². The molecule has 0 aliphatic heterocycles. The Balaban J connectivity index is 2.16. The van der Waals surface area contributed by atoms with Gasteiger partial charge in [-0.05, 0) is 51.1 Å². The molecule has 2 aromatic carbocycles. The van der Waals surface area contributed by atoms with Crippen LogP contribution in [0.2, 0.25) is 0 Å². The van der Waals surface area contributed by atoms with Crippen molar-refractivity contribution in [3.63, 3.8) is 0 Å². The van der Waals surface area contributed by atoms with Crippen LogP contribution in [0.15, 0.2) is 42.5 Å². The number of amides is 2. The average molecular weight is 438 g/mol. The molecule has 0 unspecified atom stereocenters. The maximum absolute atomic E-state index is 13.1. The summed E-state index contributed by atoms with van der Waals surface area (Å²) < 4.78 is 50.3. The Labute approximate surface area is 178 Å². The topological polar surface area (TPSA) is 67.9 Å². The summed E-state index contributed by atoms with van der Waals surface area (Å²) in [6, 6.07) is 9.31. The van der Waals surface area contributed by atoms with Crippen LogP contribution < -0.4 is 14.8 Å². The molecule has 0 aromatic heterocycles. The molecule has 31 heavy (non-hydrogen) atoms. The van der Waals surface area contributed by atoms with E-state index in [0.29, 0.717) is 11.5 Å². The van der Waals surface area contributed by atoms with E-state index in [9.17, 15) is 22.8 Å². The molecule has 9 heteroatoms. The van der Waals surface area contributed by atoms with Gasteiger partial charge in [0.1, 0.15) is 6.54 Å². The Hall–Kier alpha value is -3.23. The van der Waals surface area contributed by atoms with Gasteiger partial charge in [0.15, 0.2) is 11.5 Å². The van der Waals surface area contributed by atoms with Gasteiger partial charge in [-0.15, -0.1) is 0 Å². The average Bonchev–Trinajstić information content (AvgIpc) is 2.71. The van der Waals surface area contributed by atoms with Gasteiger partial charge >= 0.3 is 6.18 Å². The highest BCUT2D eigenvalue weighted by atomic mass is 19.4. The zero-order chi connectivity index (χ0) is 23.2. The van der Waals surface area contributed by atoms with Crippen molar-refractivity contribution >= 4 is 17.5 Å². The molecule has 0 radical (unpaired) electrons. The number of benzene rings is 2. The molecule has 1 N–H and O–H groups in total. The molecule has 2 amide bonds. The standard InChI is InChI=1S/C22H25F3N2O4/c1-5-27(13-20(28)26-17-9-7-6-8-16(17)22(23,24)25)21(29)15-10-11-18(31-14(2)3)19(12-15)30-4/h6-12,14H,5,13H2,1-4H3,(H,26,28). The second kappa shape index (κ2) is 10.2. The summed E-state index contributed by atoms with van der Waals surface area (Å²) in [6.07, 6.45) is -4.70. The number of carbonyl (C=O) groups excluding carboxylic acids is 2. The first-order chi connectivity index (χ1) is 14.6. The van der Waals surface area contributed by atoms with Crippen LogP contribution in [0, 0.1) is 0 Å². The molecular formula is C22H25F3N2O4. The fourth-order valence-electron chi connectivity index (χ4n) is 2.86. The van der Waals surface area contributed by atoms with E-state index in [0.717, 1.165) is 12.1 Å². The number of nitrogens with one attached hydrogen (secondary N) is 1. The molecular weight excluding hydrogens is 413 g/mol. The second-order valence-corrected chi connectivity index (χ2v) is 6.94. The minimum Gasteiger partial charge on any atom is -0.493 e. The minimum atomic E-state index is -4.61. The van der Waals surface area contributed by atoms with Crippen molar-refractivity contribution in [2.45, 2.75) is 33.1 Å². The SMILES string of the molecule is CCN(CC(=O)Nc1ccccc1C(F)(F)F)C(=O)c1ccc(OC(C)C)c(OC)c1. The summed E-state index contributed by atoms with van der Waals surface area (Å²) in [6.45, 7) is 5.15. The molecule has 0 spiro atoms. The van der Waals surface area contributed by atoms with Crippen LogP contribution in [0.4, 0.5) is 18.9 Å². The Bertz CT molecular complexity index is 929. The first-order valence-corrected chi connectivity index (χ1v) is 9.66. The number of hydrogen-bond donors (Lipinski definition) is 1. The van der Waals surface area contributed by atoms with Crippen LogP contribution in [0.3, 0.4) is 0 Å². The first kappa shape index (κ1) is 24.0. The predicted octanol–water partition coefficient (Wildman–Crippen LogP) is 4.60. The van der Waals surface area contributed by atoms with E-state index >= 15 is 0 Å². The molecule has 0 aliphatic rings. The van der Waals surface area contributed by atoms with E-state index in [1.807, 2.05) is 13.8 Å². The molecule has 0 bridgehead atoms. The number of ether oxygens (including phenoxy) is 2. The third kappa shape index (κ3) is 6.37. The molecule has 0 atom stereocenters. The van der Waals surface area contributed by atoms with Crippen LogP contribution >= 0.6 is 0 Å². The first-order valence-electron chi connectivity index (χ1n) is 9.66. The minimum absolute atomic E-state index is 0.0918. The number of methoxy groups -OCH3 is 1. The van der Waals surface area contributed by atoms with Gasteiger partial charge in [0.05, 0.1) is 24.5 Å². The molecule has 0 saturated heterocycles. The number of likely N-dealkylation sites (N-methyl/N-ethyl adjacent to an activating group) is 1. The molecule has 0 heterocycles. The monoisotopic (exact) mass is 438 g/mol. The van der Waals surface area contributed by atoms with Crippen molar-refractivity contribution in [3.05, 3.63) is 53.6 Å². The summed E-state index contributed by atoms with van der Waals surface area (Å²) >= 11 is 0. The van der Waals surface area contributed by atoms with Gasteiger partial charge < -0.3 is 19.7 Å². The van der Waals surface area contributed by atoms with Crippen molar-refractivity contribution in [3.8, 4) is 11.5 Å². The number of nitrogens with zero attached hydrogens (tertiary/aromatic N) is 1. The molecule has 168 valence electrons. The predicted molar refractivity (Wildman–Crippen MR) is 110 cm³/mol. The second-order valence-electron chi connectivity index (χ2n) is 6.94. The molecule has 0 saturated carbocycles. The number of rotatable bonds is 8. The zero-order valence-corrected chi connectivity index (χ0v) is 17.7. The number of alkyl halides is 3. The number of anilines is 1. The third-order valence-corrected chi connectivity index (χ3v) is 4.28. The summed E-state index contributed by atoms with van der Waals surface area (Å²) in [5, 5.41) is 2.24. The Morgan fingerprint density at radius 2 is 1.77 bits per heavy atom. The van der Waals surface area contributed by atoms with Gasteiger partial charge in [0.25, 0.3) is 5.91 Å². The van der Waals surface area contributed by atoms with Crippen molar-refractivity contribution < 1.29 is 32.2 Å². The molecule has 0 fully saturated rings. The van der Waals surface area contributed by atoms with E-state index < -0.39 is 30.1 Å². The van der Waals surface area contributed by atoms with E-state index in [2.05, 4.69) is 5.32 Å². The Morgan fingerprint density at radius 3 is 2.35 bits per heavy atom. The highest BCUT2D eigenvalue weighted by molar-refractivity contribution is 6.00. The van der Waals surface area contributed by atoms with Crippen molar-refractivity contribution in [1.29, 1.82) is 0 Å². The lowest BCUT2D eigenvalue weighted by Crippen LogP contribution is -2.38. The van der Waals surface area contributed by atoms with Crippen LogP contribution in [0.25, 0.3) is 0 Å². The molecule has 6 nitrogen and oxygen atoms in total. The van der Waals surface area contributed by atoms with E-state index in [1.165, 1.54) is 30.2 Å². The lowest BCUT2D eigenvalue weighted by Gasteiger charge is -2.22. The summed E-state index contributed by atoms with van der Waals surface area (Å²) in [4.78, 5) is 26.5. The van der Waals surface area contributed by atoms with Crippen LogP contribution in [-0.2, 0) is 11.0 Å². The maximum atomic E-state index is 13.1. The number of carbonyl (C=O) groups is 2. The van der Waals surface area contributed by atoms with Crippen molar-refractivity contribution in [2.24, 2.45) is 0 Å². The highest BCUT2D eigenvalue weighted by Gasteiger charge is 2.33. The molecule has 2 rings (SSSR count). The Morgan fingerprint density at radius 1 is 1.10 bits per heavy atom. The summed E-state index contributed by atoms with van der Waals surface area (Å²) in [7, 11) is 1.44. The zero-order valence-electron chi connectivity index (χ0n) is 17.7. The van der Waals surface area contributed by atoms with Gasteiger partial charge in [-0.1, -0.05) is 12.1 Å². The summed E-state index contributed by atoms with van der Waals surface area (Å²) in [5.74, 6) is -0.368. The van der Waals surface area contributed by atoms with Crippen molar-refractivity contribution in [1.82, 2.24) is 4.90 Å². The summed E-state index contributed by atoms with van der Waals surface area (Å²) in [5.41, 5.74) is -1.05. The largest absolute Gasteiger partial charge is 0.493 e.